The molecule has 2 N–H and O–H groups in total. The Morgan fingerprint density at radius 3 is 2.07 bits per heavy atom. The average molecular weight is 418 g/mol. The summed E-state index contributed by atoms with van der Waals surface area (Å²) in [7, 11) is -4.18. The van der Waals surface area contributed by atoms with Gasteiger partial charge in [0, 0.05) is 32.6 Å². The Kier molecular flexibility index (Phi) is 6.28. The number of sulfonamides is 1. The van der Waals surface area contributed by atoms with Gasteiger partial charge >= 0.3 is 11.9 Å². The van der Waals surface area contributed by atoms with Crippen LogP contribution >= 0.6 is 11.3 Å². The van der Waals surface area contributed by atoms with Gasteiger partial charge in [0.05, 0.1) is 5.56 Å². The number of carbonyl (C=O) groups excluding carboxylic acids is 1. The van der Waals surface area contributed by atoms with Crippen molar-refractivity contribution < 1.29 is 33.0 Å². The molecule has 1 aromatic heterocycles. The Hall–Kier alpha value is -1.98. The molecule has 2 rings (SSSR count). The van der Waals surface area contributed by atoms with Gasteiger partial charge in [0.15, 0.2) is 4.21 Å². The van der Waals surface area contributed by atoms with Crippen LogP contribution in [0.4, 0.5) is 0 Å². The van der Waals surface area contributed by atoms with Crippen molar-refractivity contribution in [2.45, 2.75) is 31.4 Å². The molecule has 150 valence electrons. The zero-order valence-corrected chi connectivity index (χ0v) is 16.9. The largest absolute Gasteiger partial charge is 0.478 e. The number of hydrogen-bond acceptors (Lipinski definition) is 6. The molecule has 1 amide bonds. The summed E-state index contributed by atoms with van der Waals surface area (Å²) < 4.78 is 26.5. The minimum atomic E-state index is -4.18. The van der Waals surface area contributed by atoms with Crippen LogP contribution in [0.1, 0.15) is 45.9 Å². The molecular weight excluding hydrogens is 396 g/mol. The number of amides is 1. The molecule has 0 unspecified atom stereocenters. The number of piperazine rings is 1. The predicted molar refractivity (Wildman–Crippen MR) is 97.8 cm³/mol. The van der Waals surface area contributed by atoms with E-state index in [2.05, 4.69) is 0 Å². The number of nitrogens with zero attached hydrogens (tertiary/aromatic N) is 2. The zero-order chi connectivity index (χ0) is 20.5. The third-order valence-corrected chi connectivity index (χ3v) is 7.94. The number of carboxylic acid groups (broad SMARTS) is 2. The van der Waals surface area contributed by atoms with Crippen molar-refractivity contribution >= 4 is 39.2 Å². The van der Waals surface area contributed by atoms with Crippen LogP contribution in [0, 0.1) is 12.8 Å². The summed E-state index contributed by atoms with van der Waals surface area (Å²) >= 11 is 0.448. The number of thiophene rings is 1. The molecule has 0 radical (unpaired) electrons. The lowest BCUT2D eigenvalue weighted by molar-refractivity contribution is -0.133. The van der Waals surface area contributed by atoms with Gasteiger partial charge < -0.3 is 15.1 Å². The van der Waals surface area contributed by atoms with E-state index in [9.17, 15) is 33.0 Å². The van der Waals surface area contributed by atoms with Crippen LogP contribution in [-0.2, 0) is 14.8 Å². The summed E-state index contributed by atoms with van der Waals surface area (Å²) in [4.78, 5) is 36.2. The molecule has 0 atom stereocenters. The topological polar surface area (TPSA) is 132 Å². The quantitative estimate of drug-likeness (QED) is 0.712. The van der Waals surface area contributed by atoms with E-state index in [0.717, 1.165) is 4.31 Å². The first-order chi connectivity index (χ1) is 12.5. The molecule has 27 heavy (non-hydrogen) atoms. The summed E-state index contributed by atoms with van der Waals surface area (Å²) in [5.74, 6) is -2.71. The van der Waals surface area contributed by atoms with Gasteiger partial charge in [-0.3, -0.25) is 4.79 Å². The monoisotopic (exact) mass is 418 g/mol. The highest BCUT2D eigenvalue weighted by Crippen LogP contribution is 2.34. The van der Waals surface area contributed by atoms with Gasteiger partial charge in [0.25, 0.3) is 10.0 Å². The van der Waals surface area contributed by atoms with Crippen molar-refractivity contribution in [3.8, 4) is 0 Å². The van der Waals surface area contributed by atoms with Crippen LogP contribution in [0.3, 0.4) is 0 Å². The fourth-order valence-electron chi connectivity index (χ4n) is 2.89. The lowest BCUT2D eigenvalue weighted by atomic mass is 10.1. The molecule has 1 aromatic rings. The van der Waals surface area contributed by atoms with Crippen LogP contribution in [0.25, 0.3) is 0 Å². The van der Waals surface area contributed by atoms with Crippen molar-refractivity contribution in [2.24, 2.45) is 5.92 Å². The Morgan fingerprint density at radius 1 is 1.07 bits per heavy atom. The molecule has 2 heterocycles. The Labute approximate surface area is 161 Å². The summed E-state index contributed by atoms with van der Waals surface area (Å²) in [6.07, 6.45) is 0.377. The standard InChI is InChI=1S/C16H22N2O7S2/c1-9(2)8-11(19)17-4-6-18(7-5-17)27(24,25)16-12(14(20)21)10(3)13(26-16)15(22)23/h9H,4-8H2,1-3H3,(H,20,21)(H,22,23). The lowest BCUT2D eigenvalue weighted by Crippen LogP contribution is -2.50. The molecule has 0 spiro atoms. The second kappa shape index (κ2) is 7.95. The van der Waals surface area contributed by atoms with Crippen molar-refractivity contribution in [2.75, 3.05) is 26.2 Å². The van der Waals surface area contributed by atoms with Crippen molar-refractivity contribution in [1.82, 2.24) is 9.21 Å². The summed E-state index contributed by atoms with van der Waals surface area (Å²) in [5, 5.41) is 18.6. The SMILES string of the molecule is Cc1c(C(=O)O)sc(S(=O)(=O)N2CCN(C(=O)CC(C)C)CC2)c1C(=O)O. The highest BCUT2D eigenvalue weighted by Gasteiger charge is 2.37. The Balaban J connectivity index is 2.28. The van der Waals surface area contributed by atoms with E-state index in [-0.39, 0.29) is 48.4 Å². The maximum Gasteiger partial charge on any atom is 0.346 e. The number of rotatable bonds is 6. The third-order valence-electron chi connectivity index (χ3n) is 4.27. The first-order valence-electron chi connectivity index (χ1n) is 8.34. The highest BCUT2D eigenvalue weighted by atomic mass is 32.2. The number of carboxylic acids is 2. The van der Waals surface area contributed by atoms with Crippen molar-refractivity contribution in [3.05, 3.63) is 16.0 Å². The van der Waals surface area contributed by atoms with E-state index >= 15 is 0 Å². The van der Waals surface area contributed by atoms with E-state index in [1.165, 1.54) is 6.92 Å². The third kappa shape index (κ3) is 4.30. The van der Waals surface area contributed by atoms with Crippen LogP contribution in [-0.4, -0.2) is 71.9 Å². The van der Waals surface area contributed by atoms with E-state index in [1.807, 2.05) is 13.8 Å². The minimum absolute atomic E-state index is 0.0323. The van der Waals surface area contributed by atoms with Gasteiger partial charge in [-0.15, -0.1) is 11.3 Å². The van der Waals surface area contributed by atoms with E-state index in [1.54, 1.807) is 4.90 Å². The predicted octanol–water partition coefficient (Wildman–Crippen LogP) is 1.33. The smallest absolute Gasteiger partial charge is 0.346 e. The molecule has 1 saturated heterocycles. The molecule has 0 bridgehead atoms. The van der Waals surface area contributed by atoms with Crippen LogP contribution in [0.15, 0.2) is 4.21 Å². The molecule has 1 fully saturated rings. The van der Waals surface area contributed by atoms with Gasteiger partial charge in [0.2, 0.25) is 5.91 Å². The lowest BCUT2D eigenvalue weighted by Gasteiger charge is -2.34. The van der Waals surface area contributed by atoms with E-state index < -0.39 is 31.7 Å². The molecular formula is C16H22N2O7S2. The van der Waals surface area contributed by atoms with Crippen LogP contribution in [0.2, 0.25) is 0 Å². The van der Waals surface area contributed by atoms with Crippen molar-refractivity contribution in [1.29, 1.82) is 0 Å². The minimum Gasteiger partial charge on any atom is -0.478 e. The summed E-state index contributed by atoms with van der Waals surface area (Å²) in [5.41, 5.74) is -0.583. The first-order valence-corrected chi connectivity index (χ1v) is 10.6. The molecule has 11 heteroatoms. The summed E-state index contributed by atoms with van der Waals surface area (Å²) in [6, 6.07) is 0. The maximum atomic E-state index is 12.9. The van der Waals surface area contributed by atoms with E-state index in [4.69, 9.17) is 0 Å². The second-order valence-electron chi connectivity index (χ2n) is 6.71. The number of hydrogen-bond donors (Lipinski definition) is 2. The van der Waals surface area contributed by atoms with Gasteiger partial charge in [-0.05, 0) is 18.4 Å². The van der Waals surface area contributed by atoms with Gasteiger partial charge in [-0.25, -0.2) is 18.0 Å². The number of aromatic carboxylic acids is 2. The zero-order valence-electron chi connectivity index (χ0n) is 15.3. The number of carbonyl (C=O) groups is 3. The normalized spacial score (nSPS) is 15.9. The van der Waals surface area contributed by atoms with Crippen LogP contribution in [0.5, 0.6) is 0 Å². The second-order valence-corrected chi connectivity index (χ2v) is 9.87. The van der Waals surface area contributed by atoms with Gasteiger partial charge in [-0.2, -0.15) is 4.31 Å². The van der Waals surface area contributed by atoms with Gasteiger partial charge in [-0.1, -0.05) is 13.8 Å². The van der Waals surface area contributed by atoms with Crippen LogP contribution < -0.4 is 0 Å². The van der Waals surface area contributed by atoms with Gasteiger partial charge in [0.1, 0.15) is 4.88 Å². The molecule has 9 nitrogen and oxygen atoms in total. The molecule has 0 aliphatic carbocycles. The Morgan fingerprint density at radius 2 is 1.63 bits per heavy atom. The van der Waals surface area contributed by atoms with E-state index in [0.29, 0.717) is 17.8 Å². The molecule has 1 aliphatic rings. The molecule has 0 saturated carbocycles. The first kappa shape index (κ1) is 21.3. The van der Waals surface area contributed by atoms with Crippen molar-refractivity contribution in [3.63, 3.8) is 0 Å². The highest BCUT2D eigenvalue weighted by molar-refractivity contribution is 7.91. The average Bonchev–Trinajstić information content (AvgIpc) is 2.93. The molecule has 0 aromatic carbocycles. The fourth-order valence-corrected chi connectivity index (χ4v) is 6.13. The molecule has 1 aliphatic heterocycles. The Bertz CT molecular complexity index is 866. The summed E-state index contributed by atoms with van der Waals surface area (Å²) in [6.45, 7) is 5.61. The fraction of sp³-hybridized carbons (Fsp3) is 0.562. The maximum absolute atomic E-state index is 12.9.